The molecule has 0 aliphatic carbocycles. The van der Waals surface area contributed by atoms with Gasteiger partial charge >= 0.3 is 20.4 Å². The zero-order chi connectivity index (χ0) is 45.8. The van der Waals surface area contributed by atoms with Gasteiger partial charge in [0.15, 0.2) is 0 Å². The van der Waals surface area contributed by atoms with Crippen LogP contribution in [0, 0.1) is 12.1 Å². The third kappa shape index (κ3) is 6.67. The number of imidazole rings is 2. The molecule has 0 unspecified atom stereocenters. The first kappa shape index (κ1) is 43.7. The number of fused-ring (bicyclic) bond motifs is 16. The van der Waals surface area contributed by atoms with Gasteiger partial charge in [-0.25, -0.2) is 0 Å². The van der Waals surface area contributed by atoms with Gasteiger partial charge < -0.3 is 13.5 Å². The normalized spacial score (nSPS) is 12.2. The van der Waals surface area contributed by atoms with E-state index in [-0.39, 0.29) is 20.4 Å². The van der Waals surface area contributed by atoms with Gasteiger partial charge in [0.05, 0.1) is 33.4 Å². The summed E-state index contributed by atoms with van der Waals surface area (Å²) in [6.07, 6.45) is 0. The molecular weight excluding hydrogens is 923 g/mol. The van der Waals surface area contributed by atoms with Crippen molar-refractivity contribution in [2.75, 3.05) is 0 Å². The van der Waals surface area contributed by atoms with Crippen molar-refractivity contribution >= 4 is 76.7 Å². The van der Waals surface area contributed by atoms with E-state index >= 15 is 0 Å². The molecule has 12 rings (SSSR count). The molecule has 0 saturated carbocycles. The average Bonchev–Trinajstić information content (AvgIpc) is 3.93. The van der Waals surface area contributed by atoms with Crippen LogP contribution in [0.2, 0.25) is 0 Å². The smallest absolute Gasteiger partial charge is 0.497 e. The summed E-state index contributed by atoms with van der Waals surface area (Å²) in [7, 11) is 0. The number of pyridine rings is 2. The van der Waals surface area contributed by atoms with Gasteiger partial charge in [-0.2, -0.15) is 0 Å². The first-order valence-corrected chi connectivity index (χ1v) is 23.9. The number of rotatable bonds is 8. The Balaban J connectivity index is 0.00000507. The van der Waals surface area contributed by atoms with Crippen LogP contribution in [0.25, 0.3) is 99.0 Å². The van der Waals surface area contributed by atoms with Gasteiger partial charge in [-0.1, -0.05) is 192 Å². The molecule has 0 N–H and O–H groups in total. The SMILES string of the molecule is CC(C)c1cccc(C(C)C)c1-c1cccc2c1c1ccc(Oc3[c-]c4c(cc3)c3cccc(-c5c(C(C)C)cccc5C(C)C)c3n3c5ccccc5nc43)[c-]c1c1nc3ccccc3n21.[Pd+2]. The first-order chi connectivity index (χ1) is 32.6. The Hall–Kier alpha value is -6.84. The predicted octanol–water partition coefficient (Wildman–Crippen LogP) is 17.1. The van der Waals surface area contributed by atoms with Crippen molar-refractivity contribution in [1.29, 1.82) is 0 Å². The van der Waals surface area contributed by atoms with E-state index < -0.39 is 0 Å². The minimum Gasteiger partial charge on any atom is -0.497 e. The first-order valence-electron chi connectivity index (χ1n) is 23.9. The largest absolute Gasteiger partial charge is 2.00 e. The second kappa shape index (κ2) is 16.7. The Morgan fingerprint density at radius 2 is 0.853 bits per heavy atom. The third-order valence-corrected chi connectivity index (χ3v) is 14.0. The fourth-order valence-corrected chi connectivity index (χ4v) is 11.0. The summed E-state index contributed by atoms with van der Waals surface area (Å²) < 4.78 is 11.5. The van der Waals surface area contributed by atoms with Gasteiger partial charge in [0.2, 0.25) is 0 Å². The Labute approximate surface area is 411 Å². The van der Waals surface area contributed by atoms with Crippen molar-refractivity contribution in [2.45, 2.75) is 79.1 Å². The van der Waals surface area contributed by atoms with Crippen LogP contribution in [0.5, 0.6) is 11.5 Å². The number of hydrogen-bond acceptors (Lipinski definition) is 3. The molecule has 0 aliphatic rings. The van der Waals surface area contributed by atoms with Gasteiger partial charge in [-0.05, 0) is 104 Å². The molecule has 5 nitrogen and oxygen atoms in total. The number of ether oxygens (including phenoxy) is 1. The maximum Gasteiger partial charge on any atom is 2.00 e. The molecule has 0 saturated heterocycles. The van der Waals surface area contributed by atoms with Gasteiger partial charge in [0.25, 0.3) is 0 Å². The van der Waals surface area contributed by atoms with E-state index in [9.17, 15) is 0 Å². The molecule has 0 amide bonds. The van der Waals surface area contributed by atoms with E-state index in [2.05, 4.69) is 216 Å². The monoisotopic (exact) mass is 974 g/mol. The molecule has 4 heterocycles. The quantitative estimate of drug-likeness (QED) is 0.0866. The van der Waals surface area contributed by atoms with Crippen LogP contribution >= 0.6 is 0 Å². The molecule has 336 valence electrons. The summed E-state index contributed by atoms with van der Waals surface area (Å²) in [5.41, 5.74) is 18.4. The molecule has 4 aromatic heterocycles. The fourth-order valence-electron chi connectivity index (χ4n) is 11.0. The summed E-state index contributed by atoms with van der Waals surface area (Å²) >= 11 is 0. The van der Waals surface area contributed by atoms with E-state index in [1.54, 1.807) is 0 Å². The molecule has 0 atom stereocenters. The van der Waals surface area contributed by atoms with Crippen molar-refractivity contribution in [3.05, 3.63) is 180 Å². The summed E-state index contributed by atoms with van der Waals surface area (Å²) in [5.74, 6) is 2.58. The zero-order valence-corrected chi connectivity index (χ0v) is 41.2. The molecule has 0 radical (unpaired) electrons. The third-order valence-electron chi connectivity index (χ3n) is 14.0. The molecule has 68 heavy (non-hydrogen) atoms. The molecule has 0 aliphatic heterocycles. The van der Waals surface area contributed by atoms with Crippen molar-refractivity contribution in [3.63, 3.8) is 0 Å². The van der Waals surface area contributed by atoms with Crippen LogP contribution in [-0.4, -0.2) is 18.8 Å². The zero-order valence-electron chi connectivity index (χ0n) is 39.7. The number of nitrogens with zero attached hydrogens (tertiary/aromatic N) is 4. The number of para-hydroxylation sites is 5. The van der Waals surface area contributed by atoms with Crippen LogP contribution in [0.4, 0.5) is 0 Å². The van der Waals surface area contributed by atoms with Gasteiger partial charge in [-0.3, -0.25) is 9.97 Å². The predicted molar refractivity (Wildman–Crippen MR) is 280 cm³/mol. The van der Waals surface area contributed by atoms with E-state index in [4.69, 9.17) is 14.7 Å². The summed E-state index contributed by atoms with van der Waals surface area (Å²) in [6, 6.07) is 60.0. The average molecular weight is 976 g/mol. The van der Waals surface area contributed by atoms with Crippen LogP contribution in [0.1, 0.15) is 101 Å². The van der Waals surface area contributed by atoms with Gasteiger partial charge in [-0.15, -0.1) is 12.1 Å². The minimum atomic E-state index is 0. The van der Waals surface area contributed by atoms with Crippen molar-refractivity contribution in [2.24, 2.45) is 0 Å². The molecule has 8 aromatic carbocycles. The molecule has 0 spiro atoms. The Morgan fingerprint density at radius 3 is 1.43 bits per heavy atom. The van der Waals surface area contributed by atoms with E-state index in [0.29, 0.717) is 35.2 Å². The van der Waals surface area contributed by atoms with Crippen LogP contribution in [-0.2, 0) is 20.4 Å². The Kier molecular flexibility index (Phi) is 10.8. The molecule has 6 heteroatoms. The summed E-state index contributed by atoms with van der Waals surface area (Å²) in [4.78, 5) is 10.6. The van der Waals surface area contributed by atoms with Crippen molar-refractivity contribution in [1.82, 2.24) is 18.8 Å². The minimum absolute atomic E-state index is 0. The summed E-state index contributed by atoms with van der Waals surface area (Å²) in [5, 5.41) is 6.31. The van der Waals surface area contributed by atoms with Gasteiger partial charge in [0, 0.05) is 28.1 Å². The van der Waals surface area contributed by atoms with Crippen LogP contribution < -0.4 is 4.74 Å². The maximum absolute atomic E-state index is 6.87. The fraction of sp³-hybridized carbons (Fsp3) is 0.194. The standard InChI is InChI=1S/C62H52N4O.Pd/c1-35(2)41-17-13-18-42(36(3)4)57(41)48-22-16-28-56-59(48)46-32-30-40(34-51(46)61-63-52-24-9-11-26-54(52)65(56)61)67-39-29-31-45-47-21-15-23-49(58-43(37(5)6)19-14-20-44(58)38(7)8)60(47)66-55-27-12-10-25-53(55)64-62(66)50(45)33-39;/h9-32,35-38H,1-8H3;/q-2;+2. The van der Waals surface area contributed by atoms with Crippen LogP contribution in [0.3, 0.4) is 0 Å². The molecular formula is C62H52N4OPd. The van der Waals surface area contributed by atoms with E-state index in [1.807, 2.05) is 6.07 Å². The van der Waals surface area contributed by atoms with Crippen molar-refractivity contribution in [3.8, 4) is 33.8 Å². The molecule has 0 fully saturated rings. The molecule has 12 aromatic rings. The van der Waals surface area contributed by atoms with E-state index in [1.165, 1.54) is 49.9 Å². The maximum atomic E-state index is 6.87. The molecule has 0 bridgehead atoms. The van der Waals surface area contributed by atoms with E-state index in [0.717, 1.165) is 71.3 Å². The van der Waals surface area contributed by atoms with Gasteiger partial charge in [0.1, 0.15) is 0 Å². The summed E-state index contributed by atoms with van der Waals surface area (Å²) in [6.45, 7) is 18.4. The number of benzene rings is 8. The van der Waals surface area contributed by atoms with Crippen molar-refractivity contribution < 1.29 is 25.2 Å². The topological polar surface area (TPSA) is 43.8 Å². The Morgan fingerprint density at radius 1 is 0.412 bits per heavy atom. The Bertz CT molecular complexity index is 3930. The second-order valence-corrected chi connectivity index (χ2v) is 19.5. The number of hydrogen-bond donors (Lipinski definition) is 0. The van der Waals surface area contributed by atoms with Crippen LogP contribution in [0.15, 0.2) is 146 Å². The second-order valence-electron chi connectivity index (χ2n) is 19.5. The number of aromatic nitrogens is 4.